The summed E-state index contributed by atoms with van der Waals surface area (Å²) in [6, 6.07) is 10.1. The Morgan fingerprint density at radius 1 is 0.448 bits per heavy atom. The molecule has 0 aliphatic rings. The largest absolute Gasteiger partial charge is 0.378 e. The van der Waals surface area contributed by atoms with Crippen molar-refractivity contribution in [3.05, 3.63) is 35.9 Å². The van der Waals surface area contributed by atoms with Gasteiger partial charge in [0.25, 0.3) is 0 Å². The molecule has 0 atom stereocenters. The topological polar surface area (TPSA) is 90.6 Å². The molecule has 0 aromatic heterocycles. The van der Waals surface area contributed by atoms with Gasteiger partial charge in [0.1, 0.15) is 0 Å². The lowest BCUT2D eigenvalue weighted by Crippen LogP contribution is -2.15. The lowest BCUT2D eigenvalue weighted by Gasteiger charge is -2.08. The fraction of sp³-hybridized carbons (Fsp3) is 0.714. The lowest BCUT2D eigenvalue weighted by molar-refractivity contribution is -0.0209. The molecule has 0 bridgehead atoms. The predicted molar refractivity (Wildman–Crippen MR) is 110 cm³/mol. The Bertz CT molecular complexity index is 436. The van der Waals surface area contributed by atoms with Crippen LogP contribution in [0.5, 0.6) is 0 Å². The zero-order chi connectivity index (χ0) is 20.7. The molecule has 2 N–H and O–H groups in total. The summed E-state index contributed by atoms with van der Waals surface area (Å²) in [5.74, 6) is 0. The van der Waals surface area contributed by atoms with Gasteiger partial charge in [-0.1, -0.05) is 30.3 Å². The molecular weight excluding hydrogens is 378 g/mol. The zero-order valence-electron chi connectivity index (χ0n) is 17.4. The Balaban J connectivity index is 1.66. The van der Waals surface area contributed by atoms with Gasteiger partial charge in [0.15, 0.2) is 0 Å². The zero-order valence-corrected chi connectivity index (χ0v) is 17.4. The molecule has 0 heterocycles. The first-order chi connectivity index (χ1) is 14.4. The molecule has 0 saturated carbocycles. The Kier molecular flexibility index (Phi) is 19.3. The first kappa shape index (κ1) is 25.9. The van der Waals surface area contributed by atoms with Crippen molar-refractivity contribution in [2.24, 2.45) is 5.73 Å². The SMILES string of the molecule is NCCOCCOCCOCCOCCOCCOCCOCc1ccccc1. The van der Waals surface area contributed by atoms with Gasteiger partial charge in [-0.25, -0.2) is 0 Å². The molecule has 1 rings (SSSR count). The van der Waals surface area contributed by atoms with Crippen LogP contribution in [0.3, 0.4) is 0 Å². The van der Waals surface area contributed by atoms with Crippen molar-refractivity contribution in [1.82, 2.24) is 0 Å². The molecule has 0 radical (unpaired) electrons. The average molecular weight is 416 g/mol. The molecule has 0 aliphatic carbocycles. The minimum atomic E-state index is 0.535. The highest BCUT2D eigenvalue weighted by Crippen LogP contribution is 1.99. The number of ether oxygens (including phenoxy) is 7. The van der Waals surface area contributed by atoms with E-state index in [9.17, 15) is 0 Å². The molecule has 0 saturated heterocycles. The maximum Gasteiger partial charge on any atom is 0.0718 e. The van der Waals surface area contributed by atoms with E-state index >= 15 is 0 Å². The third kappa shape index (κ3) is 18.7. The lowest BCUT2D eigenvalue weighted by atomic mass is 10.2. The van der Waals surface area contributed by atoms with Crippen LogP contribution in [0, 0.1) is 0 Å². The Labute approximate surface area is 174 Å². The molecule has 0 fully saturated rings. The Morgan fingerprint density at radius 3 is 1.17 bits per heavy atom. The third-order valence-corrected chi connectivity index (χ3v) is 3.61. The number of rotatable bonds is 22. The molecule has 0 aliphatic heterocycles. The van der Waals surface area contributed by atoms with Crippen LogP contribution in [0.25, 0.3) is 0 Å². The maximum atomic E-state index is 5.54. The van der Waals surface area contributed by atoms with Crippen LogP contribution >= 0.6 is 0 Å². The highest BCUT2D eigenvalue weighted by atomic mass is 16.6. The van der Waals surface area contributed by atoms with Crippen LogP contribution in [0.2, 0.25) is 0 Å². The van der Waals surface area contributed by atoms with Crippen molar-refractivity contribution >= 4 is 0 Å². The highest BCUT2D eigenvalue weighted by Gasteiger charge is 1.95. The van der Waals surface area contributed by atoms with Gasteiger partial charge < -0.3 is 38.9 Å². The maximum absolute atomic E-state index is 5.54. The van der Waals surface area contributed by atoms with E-state index in [0.717, 1.165) is 0 Å². The van der Waals surface area contributed by atoms with Crippen molar-refractivity contribution in [2.45, 2.75) is 6.61 Å². The van der Waals surface area contributed by atoms with Crippen molar-refractivity contribution in [3.8, 4) is 0 Å². The first-order valence-corrected chi connectivity index (χ1v) is 10.2. The molecular formula is C21H37NO7. The van der Waals surface area contributed by atoms with Gasteiger partial charge in [0.05, 0.1) is 92.5 Å². The summed E-state index contributed by atoms with van der Waals surface area (Å²) < 4.78 is 37.8. The summed E-state index contributed by atoms with van der Waals surface area (Å²) in [4.78, 5) is 0. The van der Waals surface area contributed by atoms with Gasteiger partial charge >= 0.3 is 0 Å². The monoisotopic (exact) mass is 415 g/mol. The molecule has 8 heteroatoms. The van der Waals surface area contributed by atoms with E-state index in [2.05, 4.69) is 0 Å². The summed E-state index contributed by atoms with van der Waals surface area (Å²) in [5.41, 5.74) is 6.48. The molecule has 0 amide bonds. The van der Waals surface area contributed by atoms with Gasteiger partial charge in [-0.2, -0.15) is 0 Å². The third-order valence-electron chi connectivity index (χ3n) is 3.61. The fourth-order valence-corrected chi connectivity index (χ4v) is 2.17. The van der Waals surface area contributed by atoms with Crippen molar-refractivity contribution < 1.29 is 33.2 Å². The number of benzene rings is 1. The second-order valence-corrected chi connectivity index (χ2v) is 6.00. The Hall–Kier alpha value is -1.10. The van der Waals surface area contributed by atoms with Gasteiger partial charge in [-0.3, -0.25) is 0 Å². The number of hydrogen-bond acceptors (Lipinski definition) is 8. The van der Waals surface area contributed by atoms with E-state index in [1.165, 1.54) is 5.56 Å². The van der Waals surface area contributed by atoms with Gasteiger partial charge in [0.2, 0.25) is 0 Å². The highest BCUT2D eigenvalue weighted by molar-refractivity contribution is 5.13. The normalized spacial score (nSPS) is 11.2. The summed E-state index contributed by atoms with van der Waals surface area (Å²) in [6.45, 7) is 8.32. The van der Waals surface area contributed by atoms with Crippen molar-refractivity contribution in [3.63, 3.8) is 0 Å². The van der Waals surface area contributed by atoms with Crippen molar-refractivity contribution in [2.75, 3.05) is 92.4 Å². The fourth-order valence-electron chi connectivity index (χ4n) is 2.17. The average Bonchev–Trinajstić information content (AvgIpc) is 2.75. The molecule has 8 nitrogen and oxygen atoms in total. The second-order valence-electron chi connectivity index (χ2n) is 6.00. The van der Waals surface area contributed by atoms with Gasteiger partial charge in [0, 0.05) is 6.54 Å². The van der Waals surface area contributed by atoms with E-state index < -0.39 is 0 Å². The molecule has 168 valence electrons. The smallest absolute Gasteiger partial charge is 0.0718 e. The quantitative estimate of drug-likeness (QED) is 0.283. The molecule has 1 aromatic rings. The summed E-state index contributed by atoms with van der Waals surface area (Å²) in [7, 11) is 0. The van der Waals surface area contributed by atoms with Crippen LogP contribution < -0.4 is 5.73 Å². The van der Waals surface area contributed by atoms with Crippen LogP contribution in [0.1, 0.15) is 5.56 Å². The van der Waals surface area contributed by atoms with Crippen LogP contribution in [-0.2, 0) is 39.8 Å². The number of nitrogens with two attached hydrogens (primary N) is 1. The van der Waals surface area contributed by atoms with Gasteiger partial charge in [-0.05, 0) is 5.56 Å². The van der Waals surface area contributed by atoms with Crippen LogP contribution in [-0.4, -0.2) is 92.4 Å². The molecule has 29 heavy (non-hydrogen) atoms. The Morgan fingerprint density at radius 2 is 0.793 bits per heavy atom. The van der Waals surface area contributed by atoms with E-state index in [0.29, 0.717) is 99.0 Å². The van der Waals surface area contributed by atoms with E-state index in [1.54, 1.807) is 0 Å². The predicted octanol–water partition coefficient (Wildman–Crippen LogP) is 1.26. The molecule has 0 spiro atoms. The molecule has 0 unspecified atom stereocenters. The van der Waals surface area contributed by atoms with E-state index in [1.807, 2.05) is 30.3 Å². The minimum absolute atomic E-state index is 0.535. The summed E-state index contributed by atoms with van der Waals surface area (Å²) >= 11 is 0. The van der Waals surface area contributed by atoms with Gasteiger partial charge in [-0.15, -0.1) is 0 Å². The second kappa shape index (κ2) is 21.6. The van der Waals surface area contributed by atoms with E-state index in [-0.39, 0.29) is 0 Å². The summed E-state index contributed by atoms with van der Waals surface area (Å²) in [6.07, 6.45) is 0. The molecule has 1 aromatic carbocycles. The summed E-state index contributed by atoms with van der Waals surface area (Å²) in [5, 5.41) is 0. The van der Waals surface area contributed by atoms with Crippen LogP contribution in [0.4, 0.5) is 0 Å². The van der Waals surface area contributed by atoms with Crippen molar-refractivity contribution in [1.29, 1.82) is 0 Å². The standard InChI is InChI=1S/C21H37NO7/c22-6-7-23-8-9-24-10-11-25-12-13-26-14-15-27-16-17-28-18-19-29-20-21-4-2-1-3-5-21/h1-5H,6-20,22H2. The first-order valence-electron chi connectivity index (χ1n) is 10.2. The minimum Gasteiger partial charge on any atom is -0.378 e. The van der Waals surface area contributed by atoms with Crippen LogP contribution in [0.15, 0.2) is 30.3 Å². The number of hydrogen-bond donors (Lipinski definition) is 1. The van der Waals surface area contributed by atoms with E-state index in [4.69, 9.17) is 38.9 Å².